The van der Waals surface area contributed by atoms with Crippen LogP contribution in [0.1, 0.15) is 22.8 Å². The first-order valence-corrected chi connectivity index (χ1v) is 9.05. The van der Waals surface area contributed by atoms with Gasteiger partial charge in [0.2, 0.25) is 5.89 Å². The molecule has 0 radical (unpaired) electrons. The predicted octanol–water partition coefficient (Wildman–Crippen LogP) is 3.71. The van der Waals surface area contributed by atoms with Gasteiger partial charge in [-0.15, -0.1) is 0 Å². The summed E-state index contributed by atoms with van der Waals surface area (Å²) in [7, 11) is 0. The van der Waals surface area contributed by atoms with Crippen molar-refractivity contribution >= 4 is 11.6 Å². The first-order valence-electron chi connectivity index (χ1n) is 9.05. The molecule has 4 rings (SSSR count). The van der Waals surface area contributed by atoms with Gasteiger partial charge in [0.25, 0.3) is 0 Å². The van der Waals surface area contributed by atoms with Crippen LogP contribution >= 0.6 is 0 Å². The third kappa shape index (κ3) is 3.63. The average Bonchev–Trinajstić information content (AvgIpc) is 3.24. The highest BCUT2D eigenvalue weighted by atomic mass is 16.4. The number of oxazole rings is 1. The first-order chi connectivity index (χ1) is 14.1. The lowest BCUT2D eigenvalue weighted by Crippen LogP contribution is -2.02. The molecule has 7 heteroatoms. The molecule has 7 nitrogen and oxygen atoms in total. The number of nitrogens with two attached hydrogens (primary N) is 2. The summed E-state index contributed by atoms with van der Waals surface area (Å²) in [5.74, 6) is 0.966. The zero-order chi connectivity index (χ0) is 20.4. The number of anilines is 1. The van der Waals surface area contributed by atoms with E-state index in [9.17, 15) is 4.79 Å². The van der Waals surface area contributed by atoms with Crippen LogP contribution in [-0.4, -0.2) is 20.7 Å². The number of carbonyl (C=O) groups is 1. The highest BCUT2D eigenvalue weighted by Crippen LogP contribution is 2.30. The van der Waals surface area contributed by atoms with Crippen LogP contribution < -0.4 is 11.5 Å². The number of nitrogens with zero attached hydrogens (tertiary/aromatic N) is 3. The maximum atomic E-state index is 12.0. The van der Waals surface area contributed by atoms with Gasteiger partial charge in [0, 0.05) is 23.2 Å². The van der Waals surface area contributed by atoms with Gasteiger partial charge in [-0.05, 0) is 18.6 Å². The Hall–Kier alpha value is -3.84. The van der Waals surface area contributed by atoms with E-state index < -0.39 is 0 Å². The van der Waals surface area contributed by atoms with Gasteiger partial charge in [0.1, 0.15) is 0 Å². The van der Waals surface area contributed by atoms with Gasteiger partial charge in [-0.25, -0.2) is 15.0 Å². The Morgan fingerprint density at radius 3 is 2.69 bits per heavy atom. The van der Waals surface area contributed by atoms with Crippen LogP contribution in [-0.2, 0) is 6.54 Å². The number of hydrogen-bond acceptors (Lipinski definition) is 7. The molecule has 0 bridgehead atoms. The van der Waals surface area contributed by atoms with Crippen molar-refractivity contribution in [2.75, 3.05) is 5.73 Å². The number of hydrogen-bond donors (Lipinski definition) is 2. The van der Waals surface area contributed by atoms with Crippen molar-refractivity contribution in [2.24, 2.45) is 5.73 Å². The molecule has 2 heterocycles. The Morgan fingerprint density at radius 1 is 1.07 bits per heavy atom. The van der Waals surface area contributed by atoms with Crippen molar-refractivity contribution in [2.45, 2.75) is 13.5 Å². The normalized spacial score (nSPS) is 10.8. The van der Waals surface area contributed by atoms with Crippen LogP contribution in [0.2, 0.25) is 0 Å². The Morgan fingerprint density at radius 2 is 1.90 bits per heavy atom. The molecule has 0 saturated heterocycles. The van der Waals surface area contributed by atoms with E-state index in [4.69, 9.17) is 15.9 Å². The number of carbonyl (C=O) groups excluding carboxylic acids is 1. The van der Waals surface area contributed by atoms with Gasteiger partial charge in [0.05, 0.1) is 18.1 Å². The van der Waals surface area contributed by atoms with E-state index >= 15 is 0 Å². The molecule has 0 unspecified atom stereocenters. The first kappa shape index (κ1) is 18.5. The van der Waals surface area contributed by atoms with Crippen molar-refractivity contribution in [3.63, 3.8) is 0 Å². The molecule has 0 aliphatic carbocycles. The summed E-state index contributed by atoms with van der Waals surface area (Å²) in [5.41, 5.74) is 15.7. The molecule has 4 aromatic rings. The van der Waals surface area contributed by atoms with Crippen LogP contribution in [0, 0.1) is 0 Å². The van der Waals surface area contributed by atoms with Gasteiger partial charge in [-0.1, -0.05) is 42.5 Å². The van der Waals surface area contributed by atoms with Crippen LogP contribution in [0.3, 0.4) is 0 Å². The molecule has 0 spiro atoms. The lowest BCUT2D eigenvalue weighted by atomic mass is 10.0. The van der Waals surface area contributed by atoms with Crippen molar-refractivity contribution in [3.8, 4) is 34.2 Å². The Kier molecular flexibility index (Phi) is 4.88. The van der Waals surface area contributed by atoms with Crippen molar-refractivity contribution in [1.29, 1.82) is 0 Å². The van der Waals surface area contributed by atoms with Gasteiger partial charge in [-0.2, -0.15) is 0 Å². The zero-order valence-electron chi connectivity index (χ0n) is 15.8. The molecule has 0 fully saturated rings. The Balaban J connectivity index is 1.76. The fraction of sp³-hybridized carbons (Fsp3) is 0.0909. The quantitative estimate of drug-likeness (QED) is 0.502. The third-order valence-electron chi connectivity index (χ3n) is 4.54. The molecule has 0 saturated carbocycles. The number of rotatable bonds is 5. The summed E-state index contributed by atoms with van der Waals surface area (Å²) in [4.78, 5) is 25.1. The van der Waals surface area contributed by atoms with Crippen LogP contribution in [0.25, 0.3) is 34.2 Å². The minimum absolute atomic E-state index is 0.0565. The zero-order valence-corrected chi connectivity index (χ0v) is 15.8. The van der Waals surface area contributed by atoms with Gasteiger partial charge >= 0.3 is 0 Å². The molecule has 0 aliphatic heterocycles. The Labute approximate surface area is 167 Å². The third-order valence-corrected chi connectivity index (χ3v) is 4.54. The second kappa shape index (κ2) is 7.65. The summed E-state index contributed by atoms with van der Waals surface area (Å²) in [6.07, 6.45) is 3.15. The summed E-state index contributed by atoms with van der Waals surface area (Å²) in [5, 5.41) is 0. The van der Waals surface area contributed by atoms with Gasteiger partial charge in [-0.3, -0.25) is 4.79 Å². The van der Waals surface area contributed by atoms with E-state index in [2.05, 4.69) is 15.0 Å². The summed E-state index contributed by atoms with van der Waals surface area (Å²) >= 11 is 0. The molecule has 2 aromatic heterocycles. The number of aromatic nitrogens is 3. The number of benzene rings is 2. The highest BCUT2D eigenvalue weighted by Gasteiger charge is 2.17. The maximum Gasteiger partial charge on any atom is 0.249 e. The molecule has 0 aliphatic rings. The monoisotopic (exact) mass is 385 g/mol. The van der Waals surface area contributed by atoms with Crippen molar-refractivity contribution in [3.05, 3.63) is 72.1 Å². The second-order valence-corrected chi connectivity index (χ2v) is 6.53. The molecule has 0 atom stereocenters. The van der Waals surface area contributed by atoms with Crippen molar-refractivity contribution in [1.82, 2.24) is 15.0 Å². The molecule has 144 valence electrons. The summed E-state index contributed by atoms with van der Waals surface area (Å²) in [6, 6.07) is 14.9. The lowest BCUT2D eigenvalue weighted by Gasteiger charge is -2.08. The smallest absolute Gasteiger partial charge is 0.249 e. The summed E-state index contributed by atoms with van der Waals surface area (Å²) in [6.45, 7) is 1.95. The number of ketones is 1. The molecular weight excluding hydrogens is 366 g/mol. The maximum absolute atomic E-state index is 12.0. The molecular formula is C22H19N5O2. The minimum Gasteiger partial charge on any atom is -0.435 e. The van der Waals surface area contributed by atoms with E-state index in [0.717, 1.165) is 11.1 Å². The minimum atomic E-state index is -0.0565. The molecule has 4 N–H and O–H groups in total. The van der Waals surface area contributed by atoms with E-state index in [-0.39, 0.29) is 17.5 Å². The fourth-order valence-corrected chi connectivity index (χ4v) is 3.07. The average molecular weight is 385 g/mol. The van der Waals surface area contributed by atoms with Crippen molar-refractivity contribution < 1.29 is 9.21 Å². The number of Topliss-reactive ketones (excluding diaryl/α,β-unsaturated/α-hetero) is 1. The number of nitrogen functional groups attached to an aromatic ring is 1. The summed E-state index contributed by atoms with van der Waals surface area (Å²) < 4.78 is 5.90. The highest BCUT2D eigenvalue weighted by molar-refractivity contribution is 6.00. The van der Waals surface area contributed by atoms with Gasteiger partial charge in [0.15, 0.2) is 23.1 Å². The second-order valence-electron chi connectivity index (χ2n) is 6.53. The Bertz CT molecular complexity index is 1200. The standard InChI is InChI=1S/C22H19N5O2/c1-13(28)16-7-2-3-8-17(16)18-11-25-21(24)20(27-18)22-26-12-19(29-22)15-6-4-5-14(9-15)10-23/h2-9,11-12H,10,23H2,1H3,(H2,24,25). The lowest BCUT2D eigenvalue weighted by molar-refractivity contribution is 0.101. The van der Waals surface area contributed by atoms with Crippen LogP contribution in [0.5, 0.6) is 0 Å². The fourth-order valence-electron chi connectivity index (χ4n) is 3.07. The van der Waals surface area contributed by atoms with E-state index in [0.29, 0.717) is 34.8 Å². The van der Waals surface area contributed by atoms with Crippen LogP contribution in [0.15, 0.2) is 65.3 Å². The van der Waals surface area contributed by atoms with E-state index in [1.807, 2.05) is 42.5 Å². The van der Waals surface area contributed by atoms with Crippen LogP contribution in [0.4, 0.5) is 5.82 Å². The van der Waals surface area contributed by atoms with E-state index in [1.165, 1.54) is 13.1 Å². The van der Waals surface area contributed by atoms with Gasteiger partial charge < -0.3 is 15.9 Å². The SMILES string of the molecule is CC(=O)c1ccccc1-c1cnc(N)c(-c2ncc(-c3cccc(CN)c3)o2)n1. The predicted molar refractivity (Wildman–Crippen MR) is 111 cm³/mol. The topological polar surface area (TPSA) is 121 Å². The van der Waals surface area contributed by atoms with E-state index in [1.54, 1.807) is 12.3 Å². The largest absolute Gasteiger partial charge is 0.435 e. The molecule has 29 heavy (non-hydrogen) atoms. The molecule has 0 amide bonds. The molecule has 2 aromatic carbocycles.